The highest BCUT2D eigenvalue weighted by Gasteiger charge is 2.53. The molecular weight excluding hydrogens is 276 g/mol. The van der Waals surface area contributed by atoms with E-state index in [1.165, 1.54) is 0 Å². The molecule has 2 rings (SSSR count). The smallest absolute Gasteiger partial charge is 0.242 e. The first-order chi connectivity index (χ1) is 10.4. The summed E-state index contributed by atoms with van der Waals surface area (Å²) in [5.74, 6) is 0.611. The molecule has 0 radical (unpaired) electrons. The van der Waals surface area contributed by atoms with Crippen LogP contribution in [-0.4, -0.2) is 40.1 Å². The second kappa shape index (κ2) is 6.80. The van der Waals surface area contributed by atoms with Gasteiger partial charge in [0.15, 0.2) is 0 Å². The molecule has 4 nitrogen and oxygen atoms in total. The van der Waals surface area contributed by atoms with Gasteiger partial charge in [-0.1, -0.05) is 44.2 Å². The second-order valence-corrected chi connectivity index (χ2v) is 7.17. The van der Waals surface area contributed by atoms with Crippen molar-refractivity contribution in [2.75, 3.05) is 6.61 Å². The summed E-state index contributed by atoms with van der Waals surface area (Å²) >= 11 is 0. The van der Waals surface area contributed by atoms with Crippen LogP contribution < -0.4 is 5.32 Å². The fourth-order valence-electron chi connectivity index (χ4n) is 3.15. The van der Waals surface area contributed by atoms with Gasteiger partial charge in [-0.2, -0.15) is 0 Å². The maximum Gasteiger partial charge on any atom is 0.242 e. The van der Waals surface area contributed by atoms with E-state index in [4.69, 9.17) is 0 Å². The summed E-state index contributed by atoms with van der Waals surface area (Å²) < 4.78 is 0. The molecule has 1 aromatic carbocycles. The molecule has 0 aliphatic carbocycles. The zero-order chi connectivity index (χ0) is 16.3. The van der Waals surface area contributed by atoms with Crippen molar-refractivity contribution in [1.82, 2.24) is 10.2 Å². The van der Waals surface area contributed by atoms with Crippen LogP contribution in [-0.2, 0) is 11.3 Å². The highest BCUT2D eigenvalue weighted by molar-refractivity contribution is 5.91. The number of rotatable bonds is 7. The summed E-state index contributed by atoms with van der Waals surface area (Å²) in [5, 5.41) is 12.9. The van der Waals surface area contributed by atoms with Crippen molar-refractivity contribution >= 4 is 5.91 Å². The van der Waals surface area contributed by atoms with E-state index in [0.29, 0.717) is 12.5 Å². The van der Waals surface area contributed by atoms with Crippen LogP contribution in [0.25, 0.3) is 0 Å². The lowest BCUT2D eigenvalue weighted by Gasteiger charge is -2.55. The standard InChI is InChI=1S/C18H28N2O2/c1-13(2)10-15(12-21)19-16-17(22)20(18(16,3)4)11-14-8-6-5-7-9-14/h5-9,13,15-16,19,21H,10-12H2,1-4H3/t15-,16-/m0/s1. The molecule has 0 bridgehead atoms. The minimum Gasteiger partial charge on any atom is -0.395 e. The molecule has 0 spiro atoms. The van der Waals surface area contributed by atoms with Gasteiger partial charge in [0.25, 0.3) is 0 Å². The first-order valence-corrected chi connectivity index (χ1v) is 8.08. The average molecular weight is 304 g/mol. The summed E-state index contributed by atoms with van der Waals surface area (Å²) in [6, 6.07) is 9.81. The van der Waals surface area contributed by atoms with Gasteiger partial charge in [-0.25, -0.2) is 0 Å². The van der Waals surface area contributed by atoms with Gasteiger partial charge in [-0.15, -0.1) is 0 Å². The fraction of sp³-hybridized carbons (Fsp3) is 0.611. The van der Waals surface area contributed by atoms with Gasteiger partial charge in [0, 0.05) is 12.6 Å². The lowest BCUT2D eigenvalue weighted by molar-refractivity contribution is -0.162. The number of aliphatic hydroxyl groups is 1. The van der Waals surface area contributed by atoms with Gasteiger partial charge in [0.2, 0.25) is 5.91 Å². The van der Waals surface area contributed by atoms with E-state index in [-0.39, 0.29) is 30.1 Å². The molecular formula is C18H28N2O2. The molecule has 122 valence electrons. The summed E-state index contributed by atoms with van der Waals surface area (Å²) in [6.07, 6.45) is 0.870. The molecule has 1 aromatic rings. The highest BCUT2D eigenvalue weighted by atomic mass is 16.3. The average Bonchev–Trinajstić information content (AvgIpc) is 2.49. The summed E-state index contributed by atoms with van der Waals surface area (Å²) in [5.41, 5.74) is 0.903. The van der Waals surface area contributed by atoms with Gasteiger partial charge in [0.1, 0.15) is 6.04 Å². The van der Waals surface area contributed by atoms with Crippen molar-refractivity contribution in [2.24, 2.45) is 5.92 Å². The Hall–Kier alpha value is -1.39. The third-order valence-electron chi connectivity index (χ3n) is 4.48. The number of benzene rings is 1. The highest BCUT2D eigenvalue weighted by Crippen LogP contribution is 2.33. The molecule has 2 atom stereocenters. The van der Waals surface area contributed by atoms with Crippen LogP contribution in [0.1, 0.15) is 39.7 Å². The first kappa shape index (κ1) is 17.0. The summed E-state index contributed by atoms with van der Waals surface area (Å²) in [6.45, 7) is 9.12. The molecule has 0 aromatic heterocycles. The van der Waals surface area contributed by atoms with Crippen LogP contribution >= 0.6 is 0 Å². The summed E-state index contributed by atoms with van der Waals surface area (Å²) in [7, 11) is 0. The van der Waals surface area contributed by atoms with Gasteiger partial charge in [0.05, 0.1) is 12.1 Å². The number of β-lactam (4-membered cyclic amide) rings is 1. The number of carbonyl (C=O) groups is 1. The zero-order valence-corrected chi connectivity index (χ0v) is 14.0. The predicted octanol–water partition coefficient (Wildman–Crippen LogP) is 2.17. The van der Waals surface area contributed by atoms with E-state index in [1.54, 1.807) is 0 Å². The number of amides is 1. The van der Waals surface area contributed by atoms with E-state index in [9.17, 15) is 9.90 Å². The topological polar surface area (TPSA) is 52.6 Å². The van der Waals surface area contributed by atoms with Crippen LogP contribution in [0.15, 0.2) is 30.3 Å². The van der Waals surface area contributed by atoms with E-state index in [2.05, 4.69) is 33.0 Å². The number of nitrogens with one attached hydrogen (secondary N) is 1. The van der Waals surface area contributed by atoms with Gasteiger partial charge in [-0.3, -0.25) is 10.1 Å². The molecule has 1 amide bonds. The largest absolute Gasteiger partial charge is 0.395 e. The van der Waals surface area contributed by atoms with Crippen molar-refractivity contribution in [3.05, 3.63) is 35.9 Å². The second-order valence-electron chi connectivity index (χ2n) is 7.17. The SMILES string of the molecule is CC(C)C[C@@H](CO)N[C@H]1C(=O)N(Cc2ccccc2)C1(C)C. The molecule has 22 heavy (non-hydrogen) atoms. The molecule has 1 aliphatic rings. The van der Waals surface area contributed by atoms with Crippen molar-refractivity contribution in [3.8, 4) is 0 Å². The fourth-order valence-corrected chi connectivity index (χ4v) is 3.15. The third kappa shape index (κ3) is 3.50. The van der Waals surface area contributed by atoms with E-state index < -0.39 is 0 Å². The van der Waals surface area contributed by atoms with Crippen LogP contribution in [0.5, 0.6) is 0 Å². The van der Waals surface area contributed by atoms with E-state index in [0.717, 1.165) is 12.0 Å². The number of hydrogen-bond acceptors (Lipinski definition) is 3. The van der Waals surface area contributed by atoms with Crippen LogP contribution in [0.3, 0.4) is 0 Å². The molecule has 1 saturated heterocycles. The zero-order valence-electron chi connectivity index (χ0n) is 14.0. The van der Waals surface area contributed by atoms with Gasteiger partial charge in [-0.05, 0) is 31.7 Å². The van der Waals surface area contributed by atoms with Gasteiger partial charge < -0.3 is 10.0 Å². The van der Waals surface area contributed by atoms with Crippen LogP contribution in [0.4, 0.5) is 0 Å². The number of hydrogen-bond donors (Lipinski definition) is 2. The molecule has 1 fully saturated rings. The normalized spacial score (nSPS) is 21.8. The Morgan fingerprint density at radius 1 is 1.27 bits per heavy atom. The summed E-state index contributed by atoms with van der Waals surface area (Å²) in [4.78, 5) is 14.4. The van der Waals surface area contributed by atoms with Gasteiger partial charge >= 0.3 is 0 Å². The lowest BCUT2D eigenvalue weighted by Crippen LogP contribution is -2.76. The maximum absolute atomic E-state index is 12.5. The van der Waals surface area contributed by atoms with Crippen molar-refractivity contribution < 1.29 is 9.90 Å². The molecule has 4 heteroatoms. The number of carbonyl (C=O) groups excluding carboxylic acids is 1. The maximum atomic E-state index is 12.5. The molecule has 2 N–H and O–H groups in total. The van der Waals surface area contributed by atoms with E-state index >= 15 is 0 Å². The number of likely N-dealkylation sites (tertiary alicyclic amines) is 1. The van der Waals surface area contributed by atoms with Crippen molar-refractivity contribution in [3.63, 3.8) is 0 Å². The first-order valence-electron chi connectivity index (χ1n) is 8.08. The molecule has 1 aliphatic heterocycles. The molecule has 0 saturated carbocycles. The Balaban J connectivity index is 2.00. The number of nitrogens with zero attached hydrogens (tertiary/aromatic N) is 1. The Morgan fingerprint density at radius 3 is 2.41 bits per heavy atom. The monoisotopic (exact) mass is 304 g/mol. The minimum atomic E-state index is -0.239. The molecule has 1 heterocycles. The van der Waals surface area contributed by atoms with E-state index in [1.807, 2.05) is 35.2 Å². The van der Waals surface area contributed by atoms with Crippen LogP contribution in [0.2, 0.25) is 0 Å². The minimum absolute atomic E-state index is 0.0212. The Kier molecular flexibility index (Phi) is 5.24. The van der Waals surface area contributed by atoms with Crippen molar-refractivity contribution in [1.29, 1.82) is 0 Å². The Morgan fingerprint density at radius 2 is 1.91 bits per heavy atom. The quantitative estimate of drug-likeness (QED) is 0.759. The lowest BCUT2D eigenvalue weighted by atomic mass is 9.80. The molecule has 0 unspecified atom stereocenters. The Bertz CT molecular complexity index is 499. The third-order valence-corrected chi connectivity index (χ3v) is 4.48. The predicted molar refractivity (Wildman–Crippen MR) is 88.3 cm³/mol. The van der Waals surface area contributed by atoms with Crippen LogP contribution in [0, 0.1) is 5.92 Å². The number of aliphatic hydroxyl groups excluding tert-OH is 1. The Labute approximate surface area is 133 Å². The van der Waals surface area contributed by atoms with Crippen molar-refractivity contribution in [2.45, 2.75) is 58.3 Å².